The number of nitrogens with zero attached hydrogens (tertiary/aromatic N) is 2. The summed E-state index contributed by atoms with van der Waals surface area (Å²) >= 11 is 7.84. The standard InChI is InChI=1S/C19H22ClN5OS/c1-24-9-6-14-15(11-24)27-17-16(14)18(26)25(13-5-2-4-12(20)10-13)19(23-17)22-8-3-7-21/h2,4-5,10H,3,6-9,11,21H2,1H3,(H,22,23)/p+2. The van der Waals surface area contributed by atoms with Gasteiger partial charge in [-0.15, -0.1) is 11.3 Å². The van der Waals surface area contributed by atoms with Crippen molar-refractivity contribution in [3.63, 3.8) is 0 Å². The predicted octanol–water partition coefficient (Wildman–Crippen LogP) is 0.715. The van der Waals surface area contributed by atoms with Crippen molar-refractivity contribution in [2.24, 2.45) is 0 Å². The Balaban J connectivity index is 1.93. The second kappa shape index (κ2) is 7.59. The van der Waals surface area contributed by atoms with Crippen molar-refractivity contribution in [1.29, 1.82) is 0 Å². The molecule has 142 valence electrons. The van der Waals surface area contributed by atoms with Gasteiger partial charge < -0.3 is 16.0 Å². The minimum absolute atomic E-state index is 0.0172. The van der Waals surface area contributed by atoms with Crippen LogP contribution in [0.4, 0.5) is 5.95 Å². The molecule has 1 unspecified atom stereocenters. The first-order chi connectivity index (χ1) is 13.1. The van der Waals surface area contributed by atoms with Gasteiger partial charge in [-0.2, -0.15) is 0 Å². The van der Waals surface area contributed by atoms with Crippen LogP contribution < -0.4 is 21.5 Å². The summed E-state index contributed by atoms with van der Waals surface area (Å²) in [6.07, 6.45) is 1.83. The summed E-state index contributed by atoms with van der Waals surface area (Å²) in [7, 11) is 2.19. The molecule has 3 heterocycles. The summed E-state index contributed by atoms with van der Waals surface area (Å²) < 4.78 is 1.66. The van der Waals surface area contributed by atoms with Gasteiger partial charge >= 0.3 is 0 Å². The number of rotatable bonds is 5. The van der Waals surface area contributed by atoms with Crippen molar-refractivity contribution < 1.29 is 10.6 Å². The zero-order valence-electron chi connectivity index (χ0n) is 15.3. The number of quaternary nitrogens is 2. The molecule has 0 amide bonds. The molecule has 0 saturated carbocycles. The molecule has 0 saturated heterocycles. The lowest BCUT2D eigenvalue weighted by atomic mass is 10.1. The molecule has 1 aliphatic rings. The van der Waals surface area contributed by atoms with Crippen LogP contribution in [0.25, 0.3) is 15.9 Å². The van der Waals surface area contributed by atoms with Crippen LogP contribution in [0.5, 0.6) is 0 Å². The van der Waals surface area contributed by atoms with Crippen LogP contribution in [0.2, 0.25) is 5.02 Å². The largest absolute Gasteiger partial charge is 0.358 e. The summed E-state index contributed by atoms with van der Waals surface area (Å²) in [4.78, 5) is 22.0. The zero-order valence-corrected chi connectivity index (χ0v) is 16.9. The average Bonchev–Trinajstić information content (AvgIpc) is 2.99. The topological polar surface area (TPSA) is 79.0 Å². The minimum Gasteiger partial charge on any atom is -0.358 e. The highest BCUT2D eigenvalue weighted by atomic mass is 35.5. The fourth-order valence-electron chi connectivity index (χ4n) is 3.56. The van der Waals surface area contributed by atoms with Crippen molar-refractivity contribution >= 4 is 39.1 Å². The monoisotopic (exact) mass is 405 g/mol. The fourth-order valence-corrected chi connectivity index (χ4v) is 5.07. The van der Waals surface area contributed by atoms with Gasteiger partial charge in [0, 0.05) is 24.4 Å². The van der Waals surface area contributed by atoms with E-state index in [1.807, 2.05) is 18.2 Å². The van der Waals surface area contributed by atoms with Crippen LogP contribution in [-0.4, -0.2) is 36.2 Å². The molecule has 2 aromatic heterocycles. The third kappa shape index (κ3) is 3.48. The third-order valence-electron chi connectivity index (χ3n) is 4.95. The van der Waals surface area contributed by atoms with Gasteiger partial charge in [-0.25, -0.2) is 9.55 Å². The number of likely N-dealkylation sites (N-methyl/N-ethyl adjacent to an activating group) is 1. The van der Waals surface area contributed by atoms with Gasteiger partial charge in [-0.05, 0) is 23.8 Å². The Morgan fingerprint density at radius 3 is 3.07 bits per heavy atom. The van der Waals surface area contributed by atoms with Gasteiger partial charge in [-0.3, -0.25) is 4.79 Å². The summed E-state index contributed by atoms with van der Waals surface area (Å²) in [5.41, 5.74) is 5.78. The molecule has 0 spiro atoms. The summed E-state index contributed by atoms with van der Waals surface area (Å²) in [6.45, 7) is 3.55. The van der Waals surface area contributed by atoms with Crippen LogP contribution >= 0.6 is 22.9 Å². The van der Waals surface area contributed by atoms with Gasteiger partial charge in [0.1, 0.15) is 11.4 Å². The van der Waals surface area contributed by atoms with Crippen LogP contribution in [-0.2, 0) is 13.0 Å². The van der Waals surface area contributed by atoms with E-state index in [0.717, 1.165) is 54.9 Å². The van der Waals surface area contributed by atoms with E-state index in [4.69, 9.17) is 16.6 Å². The third-order valence-corrected chi connectivity index (χ3v) is 6.31. The maximum atomic E-state index is 13.5. The number of anilines is 1. The van der Waals surface area contributed by atoms with Crippen molar-refractivity contribution in [3.8, 4) is 5.69 Å². The number of benzene rings is 1. The molecule has 0 fully saturated rings. The van der Waals surface area contributed by atoms with E-state index in [1.165, 1.54) is 15.3 Å². The maximum Gasteiger partial charge on any atom is 0.268 e. The molecule has 1 aromatic carbocycles. The second-order valence-corrected chi connectivity index (χ2v) is 8.53. The van der Waals surface area contributed by atoms with Crippen molar-refractivity contribution in [1.82, 2.24) is 9.55 Å². The molecule has 1 atom stereocenters. The van der Waals surface area contributed by atoms with Crippen LogP contribution in [0.3, 0.4) is 0 Å². The number of aromatic nitrogens is 2. The van der Waals surface area contributed by atoms with Crippen molar-refractivity contribution in [3.05, 3.63) is 50.1 Å². The Morgan fingerprint density at radius 1 is 1.44 bits per heavy atom. The van der Waals surface area contributed by atoms with E-state index in [0.29, 0.717) is 11.0 Å². The molecular formula is C19H24ClN5OS+2. The summed E-state index contributed by atoms with van der Waals surface area (Å²) in [6, 6.07) is 7.36. The Morgan fingerprint density at radius 2 is 2.30 bits per heavy atom. The first-order valence-corrected chi connectivity index (χ1v) is 10.5. The molecule has 1 aliphatic heterocycles. The molecule has 5 N–H and O–H groups in total. The lowest BCUT2D eigenvalue weighted by Gasteiger charge is -2.19. The molecule has 0 bridgehead atoms. The second-order valence-electron chi connectivity index (χ2n) is 7.01. The average molecular weight is 406 g/mol. The molecule has 8 heteroatoms. The Hall–Kier alpha value is -1.93. The zero-order chi connectivity index (χ0) is 19.0. The summed E-state index contributed by atoms with van der Waals surface area (Å²) in [5, 5.41) is 4.69. The smallest absolute Gasteiger partial charge is 0.268 e. The van der Waals surface area contributed by atoms with E-state index in [2.05, 4.69) is 18.1 Å². The quantitative estimate of drug-likeness (QED) is 0.547. The molecule has 6 nitrogen and oxygen atoms in total. The summed E-state index contributed by atoms with van der Waals surface area (Å²) in [5.74, 6) is 0.572. The minimum atomic E-state index is -0.0172. The van der Waals surface area contributed by atoms with Crippen LogP contribution in [0.1, 0.15) is 16.9 Å². The number of nitrogens with one attached hydrogen (secondary N) is 2. The normalized spacial score (nSPS) is 16.5. The van der Waals surface area contributed by atoms with Crippen molar-refractivity contribution in [2.45, 2.75) is 19.4 Å². The van der Waals surface area contributed by atoms with Crippen LogP contribution in [0.15, 0.2) is 29.1 Å². The number of halogens is 1. The highest BCUT2D eigenvalue weighted by Crippen LogP contribution is 2.31. The Bertz CT molecular complexity index is 1040. The van der Waals surface area contributed by atoms with E-state index >= 15 is 0 Å². The van der Waals surface area contributed by atoms with Crippen LogP contribution in [0, 0.1) is 0 Å². The Kier molecular flexibility index (Phi) is 5.19. The van der Waals surface area contributed by atoms with E-state index in [9.17, 15) is 4.79 Å². The van der Waals surface area contributed by atoms with Gasteiger partial charge in [0.15, 0.2) is 0 Å². The Labute approximate surface area is 166 Å². The first-order valence-electron chi connectivity index (χ1n) is 9.26. The lowest BCUT2D eigenvalue weighted by Crippen LogP contribution is -3.08. The fraction of sp³-hybridized carbons (Fsp3) is 0.368. The van der Waals surface area contributed by atoms with E-state index < -0.39 is 0 Å². The molecule has 0 radical (unpaired) electrons. The number of hydrogen-bond donors (Lipinski definition) is 3. The van der Waals surface area contributed by atoms with Gasteiger partial charge in [0.25, 0.3) is 5.56 Å². The molecule has 3 aromatic rings. The SMILES string of the molecule is C[NH+]1CCc2c(sc3nc(NCCC[NH3+])n(-c4cccc(Cl)c4)c(=O)c23)C1. The first kappa shape index (κ1) is 18.4. The van der Waals surface area contributed by atoms with Gasteiger partial charge in [-0.1, -0.05) is 17.7 Å². The predicted molar refractivity (Wildman–Crippen MR) is 110 cm³/mol. The maximum absolute atomic E-state index is 13.5. The molecule has 27 heavy (non-hydrogen) atoms. The van der Waals surface area contributed by atoms with Gasteiger partial charge in [0.05, 0.1) is 36.1 Å². The number of fused-ring (bicyclic) bond motifs is 3. The highest BCUT2D eigenvalue weighted by molar-refractivity contribution is 7.18. The number of thiophene rings is 1. The molecular weight excluding hydrogens is 382 g/mol. The van der Waals surface area contributed by atoms with E-state index in [-0.39, 0.29) is 5.56 Å². The molecule has 4 rings (SSSR count). The van der Waals surface area contributed by atoms with Gasteiger partial charge in [0.2, 0.25) is 5.95 Å². The molecule has 0 aliphatic carbocycles. The lowest BCUT2D eigenvalue weighted by molar-refractivity contribution is -0.895. The number of hydrogen-bond acceptors (Lipinski definition) is 4. The van der Waals surface area contributed by atoms with E-state index in [1.54, 1.807) is 22.0 Å². The highest BCUT2D eigenvalue weighted by Gasteiger charge is 2.26. The van der Waals surface area contributed by atoms with Crippen molar-refractivity contribution in [2.75, 3.05) is 32.0 Å².